The van der Waals surface area contributed by atoms with E-state index >= 15 is 0 Å². The zero-order chi connectivity index (χ0) is 34.0. The van der Waals surface area contributed by atoms with Crippen LogP contribution in [0.5, 0.6) is 6.01 Å². The van der Waals surface area contributed by atoms with Crippen molar-refractivity contribution in [3.8, 4) is 6.01 Å². The summed E-state index contributed by atoms with van der Waals surface area (Å²) in [5.74, 6) is 1.80. The number of aryl methyl sites for hydroxylation is 1. The molecular weight excluding hydrogens is 627 g/mol. The highest BCUT2D eigenvalue weighted by atomic mass is 31.0. The molecule has 3 atom stereocenters. The summed E-state index contributed by atoms with van der Waals surface area (Å²) in [7, 11) is 3.55. The molecule has 1 aliphatic carbocycles. The van der Waals surface area contributed by atoms with Crippen LogP contribution < -0.4 is 9.64 Å². The first-order valence-corrected chi connectivity index (χ1v) is 17.5. The summed E-state index contributed by atoms with van der Waals surface area (Å²) in [6, 6.07) is 0.632. The minimum atomic E-state index is -2.54. The van der Waals surface area contributed by atoms with Gasteiger partial charge in [0.05, 0.1) is 11.2 Å². The van der Waals surface area contributed by atoms with E-state index in [1.54, 1.807) is 13.8 Å². The van der Waals surface area contributed by atoms with Crippen LogP contribution in [-0.4, -0.2) is 98.0 Å². The molecule has 3 aliphatic heterocycles. The first-order valence-electron chi connectivity index (χ1n) is 16.9. The zero-order valence-corrected chi connectivity index (χ0v) is 29.5. The first-order chi connectivity index (χ1) is 22.2. The molecule has 5 heterocycles. The van der Waals surface area contributed by atoms with Crippen LogP contribution >= 0.6 is 9.24 Å². The molecule has 47 heavy (non-hydrogen) atoms. The lowest BCUT2D eigenvalue weighted by atomic mass is 9.88. The number of likely N-dealkylation sites (N-methyl/N-ethyl adjacent to an activating group) is 1. The summed E-state index contributed by atoms with van der Waals surface area (Å²) in [5.41, 5.74) is -1.26. The Balaban J connectivity index is 0.000000662. The second-order valence-electron chi connectivity index (χ2n) is 14.1. The maximum atomic E-state index is 13.0. The molecule has 2 aromatic heterocycles. The number of hydrogen-bond donors (Lipinski definition) is 1. The second-order valence-corrected chi connectivity index (χ2v) is 15.0. The molecule has 2 aromatic rings. The Morgan fingerprint density at radius 3 is 2.53 bits per heavy atom. The van der Waals surface area contributed by atoms with Crippen molar-refractivity contribution >= 4 is 27.0 Å². The SMILES string of the molecule is CC1CCc2nc(OCC34CCCN3CCC4)nc(N(C)C3CCN(C(=O)/C=C/c4nc(C(C)(C)O)no4)C3)c2C1.CCC(F)(F)P. The number of fused-ring (bicyclic) bond motifs is 2. The van der Waals surface area contributed by atoms with Crippen LogP contribution in [0.1, 0.15) is 95.6 Å². The van der Waals surface area contributed by atoms with Gasteiger partial charge < -0.3 is 24.2 Å². The molecule has 3 saturated heterocycles. The molecule has 3 unspecified atom stereocenters. The molecule has 0 bridgehead atoms. The topological polar surface area (TPSA) is 121 Å². The minimum Gasteiger partial charge on any atom is -0.461 e. The van der Waals surface area contributed by atoms with Crippen molar-refractivity contribution in [3.05, 3.63) is 29.0 Å². The Morgan fingerprint density at radius 2 is 1.89 bits per heavy atom. The van der Waals surface area contributed by atoms with Gasteiger partial charge >= 0.3 is 6.01 Å². The third-order valence-electron chi connectivity index (χ3n) is 9.94. The minimum absolute atomic E-state index is 0.0995. The maximum Gasteiger partial charge on any atom is 0.318 e. The number of anilines is 1. The number of hydrogen-bond acceptors (Lipinski definition) is 10. The van der Waals surface area contributed by atoms with E-state index in [9.17, 15) is 18.7 Å². The van der Waals surface area contributed by atoms with E-state index < -0.39 is 11.3 Å². The number of likely N-dealkylation sites (tertiary alicyclic amines) is 1. The molecule has 3 fully saturated rings. The fraction of sp³-hybridized carbons (Fsp3) is 0.727. The van der Waals surface area contributed by atoms with Crippen molar-refractivity contribution in [2.75, 3.05) is 44.7 Å². The number of carbonyl (C=O) groups is 1. The van der Waals surface area contributed by atoms with Gasteiger partial charge in [-0.05, 0) is 84.2 Å². The molecule has 14 heteroatoms. The number of aliphatic hydroxyl groups is 1. The summed E-state index contributed by atoms with van der Waals surface area (Å²) in [6.07, 6.45) is 11.6. The number of ether oxygens (including phenoxy) is 1. The summed E-state index contributed by atoms with van der Waals surface area (Å²) < 4.78 is 34.4. The highest BCUT2D eigenvalue weighted by Gasteiger charge is 2.45. The van der Waals surface area contributed by atoms with Crippen molar-refractivity contribution < 1.29 is 27.9 Å². The fourth-order valence-electron chi connectivity index (χ4n) is 6.99. The monoisotopic (exact) mass is 677 g/mol. The molecular formula is C33H50F2N7O4P. The van der Waals surface area contributed by atoms with E-state index in [4.69, 9.17) is 19.2 Å². The summed E-state index contributed by atoms with van der Waals surface area (Å²) in [6.45, 7) is 11.1. The van der Waals surface area contributed by atoms with Gasteiger partial charge in [-0.15, -0.1) is 0 Å². The lowest BCUT2D eigenvalue weighted by Gasteiger charge is -2.33. The summed E-state index contributed by atoms with van der Waals surface area (Å²) in [4.78, 5) is 33.8. The molecule has 260 valence electrons. The van der Waals surface area contributed by atoms with E-state index in [1.165, 1.54) is 72.7 Å². The number of nitrogens with zero attached hydrogens (tertiary/aromatic N) is 7. The number of amides is 1. The van der Waals surface area contributed by atoms with Crippen LogP contribution in [0.4, 0.5) is 14.6 Å². The van der Waals surface area contributed by atoms with E-state index in [0.29, 0.717) is 31.6 Å². The van der Waals surface area contributed by atoms with Crippen LogP contribution in [0.25, 0.3) is 6.08 Å². The number of rotatable bonds is 9. The van der Waals surface area contributed by atoms with Crippen LogP contribution in [0.2, 0.25) is 0 Å². The average Bonchev–Trinajstić information content (AvgIpc) is 3.82. The van der Waals surface area contributed by atoms with Crippen molar-refractivity contribution in [2.45, 2.75) is 108 Å². The van der Waals surface area contributed by atoms with Gasteiger partial charge in [-0.3, -0.25) is 9.69 Å². The fourth-order valence-corrected chi connectivity index (χ4v) is 6.99. The van der Waals surface area contributed by atoms with Gasteiger partial charge in [-0.2, -0.15) is 15.0 Å². The zero-order valence-electron chi connectivity index (χ0n) is 28.3. The number of carbonyl (C=O) groups excluding carboxylic acids is 1. The molecule has 4 aliphatic rings. The molecule has 11 nitrogen and oxygen atoms in total. The molecule has 1 N–H and O–H groups in total. The van der Waals surface area contributed by atoms with Crippen LogP contribution in [0, 0.1) is 5.92 Å². The largest absolute Gasteiger partial charge is 0.461 e. The predicted molar refractivity (Wildman–Crippen MR) is 178 cm³/mol. The van der Waals surface area contributed by atoms with Gasteiger partial charge in [0.15, 0.2) is 0 Å². The second kappa shape index (κ2) is 14.4. The van der Waals surface area contributed by atoms with Crippen LogP contribution in [0.15, 0.2) is 10.6 Å². The average molecular weight is 678 g/mol. The van der Waals surface area contributed by atoms with Crippen molar-refractivity contribution in [1.82, 2.24) is 29.9 Å². The lowest BCUT2D eigenvalue weighted by molar-refractivity contribution is -0.125. The Labute approximate surface area is 278 Å². The van der Waals surface area contributed by atoms with Crippen LogP contribution in [0.3, 0.4) is 0 Å². The Hall–Kier alpha value is -2.76. The van der Waals surface area contributed by atoms with Crippen molar-refractivity contribution in [1.29, 1.82) is 0 Å². The summed E-state index contributed by atoms with van der Waals surface area (Å²) >= 11 is 0. The van der Waals surface area contributed by atoms with Gasteiger partial charge in [0.25, 0.3) is 11.6 Å². The standard InChI is InChI=1S/C30H43N7O4.C3H7F2P/c1-20-7-8-23-22(17-20)26(33-28(31-23)40-19-30-12-5-14-37(30)15-6-13-30)35(4)21-11-16-36(18-21)25(38)10-9-24-32-27(34-41-24)29(2,3)39;1-2-3(4,5)6/h9-10,20-21,39H,5-8,11-19H2,1-4H3;2,6H2,1H3/b10-9+;. The quantitative estimate of drug-likeness (QED) is 0.292. The van der Waals surface area contributed by atoms with Gasteiger partial charge in [0, 0.05) is 50.3 Å². The van der Waals surface area contributed by atoms with Gasteiger partial charge in [0.2, 0.25) is 11.7 Å². The maximum absolute atomic E-state index is 13.0. The van der Waals surface area contributed by atoms with Crippen LogP contribution in [-0.2, 0) is 23.2 Å². The Bertz CT molecular complexity index is 1420. The smallest absolute Gasteiger partial charge is 0.318 e. The van der Waals surface area contributed by atoms with Gasteiger partial charge in [-0.1, -0.05) is 28.2 Å². The molecule has 1 amide bonds. The van der Waals surface area contributed by atoms with E-state index in [-0.39, 0.29) is 35.6 Å². The number of halogens is 2. The molecule has 0 saturated carbocycles. The van der Waals surface area contributed by atoms with E-state index in [0.717, 1.165) is 37.2 Å². The van der Waals surface area contributed by atoms with Gasteiger partial charge in [-0.25, -0.2) is 8.78 Å². The summed E-state index contributed by atoms with van der Waals surface area (Å²) in [5, 5.41) is 13.8. The van der Waals surface area contributed by atoms with Gasteiger partial charge in [0.1, 0.15) is 18.0 Å². The highest BCUT2D eigenvalue weighted by molar-refractivity contribution is 7.18. The molecule has 0 radical (unpaired) electrons. The number of alkyl halides is 2. The van der Waals surface area contributed by atoms with E-state index in [1.807, 2.05) is 4.90 Å². The highest BCUT2D eigenvalue weighted by Crippen LogP contribution is 2.40. The molecule has 0 aromatic carbocycles. The van der Waals surface area contributed by atoms with Crippen molar-refractivity contribution in [3.63, 3.8) is 0 Å². The Kier molecular flexibility index (Phi) is 10.9. The first kappa shape index (κ1) is 35.5. The van der Waals surface area contributed by atoms with Crippen molar-refractivity contribution in [2.24, 2.45) is 5.92 Å². The normalized spacial score (nSPS) is 22.6. The Morgan fingerprint density at radius 1 is 1.19 bits per heavy atom. The third kappa shape index (κ3) is 8.64. The third-order valence-corrected chi connectivity index (χ3v) is 10.4. The molecule has 6 rings (SSSR count). The number of aromatic nitrogens is 4. The lowest BCUT2D eigenvalue weighted by Crippen LogP contribution is -2.43. The predicted octanol–water partition coefficient (Wildman–Crippen LogP) is 4.83. The molecule has 0 spiro atoms. The van der Waals surface area contributed by atoms with E-state index in [2.05, 4.69) is 33.9 Å².